The number of carbonyl (C=O) groups is 1. The zero-order chi connectivity index (χ0) is 16.3. The van der Waals surface area contributed by atoms with Gasteiger partial charge >= 0.3 is 0 Å². The van der Waals surface area contributed by atoms with E-state index in [1.807, 2.05) is 32.9 Å². The van der Waals surface area contributed by atoms with E-state index in [4.69, 9.17) is 0 Å². The van der Waals surface area contributed by atoms with Crippen molar-refractivity contribution < 1.29 is 4.79 Å². The van der Waals surface area contributed by atoms with E-state index in [0.29, 0.717) is 11.5 Å². The monoisotopic (exact) mass is 360 g/mol. The highest BCUT2D eigenvalue weighted by atomic mass is 79.9. The Hall–Kier alpha value is -1.68. The summed E-state index contributed by atoms with van der Waals surface area (Å²) in [5.41, 5.74) is 7.57. The van der Waals surface area contributed by atoms with E-state index < -0.39 is 0 Å². The number of carbonyl (C=O) groups excluding carboxylic acids is 1. The topological polar surface area (TPSA) is 41.5 Å². The second-order valence-electron chi connectivity index (χ2n) is 5.83. The molecule has 1 aromatic rings. The van der Waals surface area contributed by atoms with Gasteiger partial charge in [0.15, 0.2) is 0 Å². The van der Waals surface area contributed by atoms with Crippen LogP contribution in [0.15, 0.2) is 51.6 Å². The molecule has 1 aliphatic carbocycles. The highest BCUT2D eigenvalue weighted by Gasteiger charge is 2.19. The molecule has 0 fully saturated rings. The number of nitrogens with zero attached hydrogens (tertiary/aromatic N) is 1. The summed E-state index contributed by atoms with van der Waals surface area (Å²) in [6.07, 6.45) is 3.99. The summed E-state index contributed by atoms with van der Waals surface area (Å²) >= 11 is 3.44. The standard InChI is InChI=1S/C18H21BrN2O/c1-11(2)14-7-6-13(4)17(10-14)20-21-18(22)15-8-5-12(3)16(19)9-15/h5-6,8-9,14H,1,7,10H2,2-4H3,(H,21,22)/b20-17-/t14-/m0/s1. The number of hydrogen-bond acceptors (Lipinski definition) is 2. The van der Waals surface area contributed by atoms with E-state index in [1.54, 1.807) is 6.07 Å². The van der Waals surface area contributed by atoms with E-state index >= 15 is 0 Å². The van der Waals surface area contributed by atoms with Crippen molar-refractivity contribution in [3.63, 3.8) is 0 Å². The van der Waals surface area contributed by atoms with Crippen molar-refractivity contribution in [3.8, 4) is 0 Å². The third-order valence-corrected chi connectivity index (χ3v) is 4.88. The van der Waals surface area contributed by atoms with Crippen molar-refractivity contribution in [1.29, 1.82) is 0 Å². The van der Waals surface area contributed by atoms with E-state index in [2.05, 4.69) is 39.1 Å². The van der Waals surface area contributed by atoms with Crippen LogP contribution in [-0.2, 0) is 0 Å². The minimum atomic E-state index is -0.196. The fraction of sp³-hybridized carbons (Fsp3) is 0.333. The third-order valence-electron chi connectivity index (χ3n) is 4.03. The number of halogens is 1. The summed E-state index contributed by atoms with van der Waals surface area (Å²) in [6.45, 7) is 10.1. The van der Waals surface area contributed by atoms with Gasteiger partial charge in [0.2, 0.25) is 0 Å². The van der Waals surface area contributed by atoms with Crippen LogP contribution in [0.25, 0.3) is 0 Å². The molecule has 0 saturated carbocycles. The van der Waals surface area contributed by atoms with Crippen LogP contribution in [0.2, 0.25) is 0 Å². The number of allylic oxidation sites excluding steroid dienone is 3. The molecule has 4 heteroatoms. The van der Waals surface area contributed by atoms with Gasteiger partial charge in [-0.15, -0.1) is 0 Å². The molecule has 1 amide bonds. The highest BCUT2D eigenvalue weighted by molar-refractivity contribution is 9.10. The first kappa shape index (κ1) is 16.7. The molecule has 2 rings (SSSR count). The second-order valence-corrected chi connectivity index (χ2v) is 6.69. The Bertz CT molecular complexity index is 674. The predicted molar refractivity (Wildman–Crippen MR) is 95.1 cm³/mol. The largest absolute Gasteiger partial charge is 0.271 e. The van der Waals surface area contributed by atoms with Gasteiger partial charge in [-0.1, -0.05) is 40.2 Å². The maximum absolute atomic E-state index is 12.2. The van der Waals surface area contributed by atoms with Crippen molar-refractivity contribution in [1.82, 2.24) is 5.43 Å². The van der Waals surface area contributed by atoms with Crippen LogP contribution in [0.5, 0.6) is 0 Å². The van der Waals surface area contributed by atoms with Crippen molar-refractivity contribution in [2.45, 2.75) is 33.6 Å². The van der Waals surface area contributed by atoms with Crippen molar-refractivity contribution in [3.05, 3.63) is 57.6 Å². The molecule has 1 atom stereocenters. The molecular formula is C18H21BrN2O. The number of benzene rings is 1. The van der Waals surface area contributed by atoms with Crippen LogP contribution in [-0.4, -0.2) is 11.6 Å². The lowest BCUT2D eigenvalue weighted by atomic mass is 9.85. The molecule has 0 spiro atoms. The maximum Gasteiger partial charge on any atom is 0.271 e. The van der Waals surface area contributed by atoms with E-state index in [9.17, 15) is 4.79 Å². The van der Waals surface area contributed by atoms with Gasteiger partial charge in [0.05, 0.1) is 5.71 Å². The van der Waals surface area contributed by atoms with Gasteiger partial charge in [-0.2, -0.15) is 5.10 Å². The first-order chi connectivity index (χ1) is 10.4. The van der Waals surface area contributed by atoms with Crippen molar-refractivity contribution >= 4 is 27.5 Å². The number of aryl methyl sites for hydroxylation is 1. The zero-order valence-electron chi connectivity index (χ0n) is 13.2. The highest BCUT2D eigenvalue weighted by Crippen LogP contribution is 2.26. The predicted octanol–water partition coefficient (Wildman–Crippen LogP) is 4.78. The SMILES string of the molecule is C=C(C)[C@H]1CC=C(C)/C(=N\NC(=O)c2ccc(C)c(Br)c2)C1. The summed E-state index contributed by atoms with van der Waals surface area (Å²) in [7, 11) is 0. The van der Waals surface area contributed by atoms with E-state index in [0.717, 1.165) is 39.7 Å². The molecule has 0 saturated heterocycles. The zero-order valence-corrected chi connectivity index (χ0v) is 14.8. The normalized spacial score (nSPS) is 19.7. The molecule has 0 heterocycles. The number of hydrazone groups is 1. The lowest BCUT2D eigenvalue weighted by Gasteiger charge is -2.22. The number of nitrogens with one attached hydrogen (secondary N) is 1. The lowest BCUT2D eigenvalue weighted by molar-refractivity contribution is 0.0954. The number of hydrogen-bond donors (Lipinski definition) is 1. The van der Waals surface area contributed by atoms with Crippen LogP contribution >= 0.6 is 15.9 Å². The molecule has 3 nitrogen and oxygen atoms in total. The lowest BCUT2D eigenvalue weighted by Crippen LogP contribution is -2.23. The molecule has 1 aliphatic rings. The van der Waals surface area contributed by atoms with Gasteiger partial charge in [-0.05, 0) is 62.8 Å². The Balaban J connectivity index is 2.11. The first-order valence-corrected chi connectivity index (χ1v) is 8.13. The number of amides is 1. The van der Waals surface area contributed by atoms with E-state index in [1.165, 1.54) is 0 Å². The van der Waals surface area contributed by atoms with Gasteiger partial charge in [0.1, 0.15) is 0 Å². The molecule has 1 N–H and O–H groups in total. The minimum absolute atomic E-state index is 0.196. The van der Waals surface area contributed by atoms with Crippen LogP contribution in [0.3, 0.4) is 0 Å². The van der Waals surface area contributed by atoms with Crippen LogP contribution in [0.1, 0.15) is 42.6 Å². The molecule has 0 aromatic heterocycles. The molecule has 0 unspecified atom stereocenters. The van der Waals surface area contributed by atoms with E-state index in [-0.39, 0.29) is 5.91 Å². The fourth-order valence-electron chi connectivity index (χ4n) is 2.34. The molecule has 0 bridgehead atoms. The average molecular weight is 361 g/mol. The van der Waals surface area contributed by atoms with Gasteiger partial charge in [-0.3, -0.25) is 4.79 Å². The van der Waals surface area contributed by atoms with Crippen molar-refractivity contribution in [2.75, 3.05) is 0 Å². The molecule has 1 aromatic carbocycles. The Labute approximate surface area is 140 Å². The second kappa shape index (κ2) is 7.05. The van der Waals surface area contributed by atoms with Crippen molar-refractivity contribution in [2.24, 2.45) is 11.0 Å². The summed E-state index contributed by atoms with van der Waals surface area (Å²) in [5, 5.41) is 4.32. The minimum Gasteiger partial charge on any atom is -0.267 e. The first-order valence-electron chi connectivity index (χ1n) is 7.34. The average Bonchev–Trinajstić information content (AvgIpc) is 2.48. The number of rotatable bonds is 3. The third kappa shape index (κ3) is 3.95. The summed E-state index contributed by atoms with van der Waals surface area (Å²) < 4.78 is 0.920. The van der Waals surface area contributed by atoms with Gasteiger partial charge in [-0.25, -0.2) is 5.43 Å². The molecule has 22 heavy (non-hydrogen) atoms. The Morgan fingerprint density at radius 3 is 2.77 bits per heavy atom. The molecule has 116 valence electrons. The van der Waals surface area contributed by atoms with Crippen LogP contribution in [0, 0.1) is 12.8 Å². The Morgan fingerprint density at radius 1 is 1.41 bits per heavy atom. The van der Waals surface area contributed by atoms with Crippen LogP contribution in [0.4, 0.5) is 0 Å². The summed E-state index contributed by atoms with van der Waals surface area (Å²) in [5.74, 6) is 0.214. The van der Waals surface area contributed by atoms with Gasteiger partial charge < -0.3 is 0 Å². The molecule has 0 aliphatic heterocycles. The smallest absolute Gasteiger partial charge is 0.267 e. The van der Waals surface area contributed by atoms with Gasteiger partial charge in [0, 0.05) is 10.0 Å². The Kier molecular flexibility index (Phi) is 5.35. The summed E-state index contributed by atoms with van der Waals surface area (Å²) in [4.78, 5) is 12.2. The van der Waals surface area contributed by atoms with Gasteiger partial charge in [0.25, 0.3) is 5.91 Å². The fourth-order valence-corrected chi connectivity index (χ4v) is 2.72. The maximum atomic E-state index is 12.2. The Morgan fingerprint density at radius 2 is 2.14 bits per heavy atom. The summed E-state index contributed by atoms with van der Waals surface area (Å²) in [6, 6.07) is 5.52. The van der Waals surface area contributed by atoms with Crippen LogP contribution < -0.4 is 5.43 Å². The molecule has 0 radical (unpaired) electrons. The quantitative estimate of drug-likeness (QED) is 0.611. The molecular weight excluding hydrogens is 340 g/mol.